The Hall–Kier alpha value is -0.820. The fourth-order valence-electron chi connectivity index (χ4n) is 3.28. The molecule has 1 nitrogen and oxygen atoms in total. The molecule has 1 saturated carbocycles. The lowest BCUT2D eigenvalue weighted by atomic mass is 9.84. The van der Waals surface area contributed by atoms with Crippen LogP contribution in [0.2, 0.25) is 0 Å². The highest BCUT2D eigenvalue weighted by Gasteiger charge is 2.38. The summed E-state index contributed by atoms with van der Waals surface area (Å²) >= 11 is 0. The van der Waals surface area contributed by atoms with Crippen molar-refractivity contribution in [3.63, 3.8) is 0 Å². The minimum Gasteiger partial charge on any atom is -0.390 e. The predicted molar refractivity (Wildman–Crippen MR) is 72.0 cm³/mol. The summed E-state index contributed by atoms with van der Waals surface area (Å²) in [4.78, 5) is 0. The van der Waals surface area contributed by atoms with Crippen molar-refractivity contribution in [1.29, 1.82) is 0 Å². The Labute approximate surface area is 105 Å². The van der Waals surface area contributed by atoms with Crippen LogP contribution in [0, 0.1) is 5.92 Å². The molecule has 2 rings (SSSR count). The molecule has 1 aromatic rings. The number of hydrogen-bond donors (Lipinski definition) is 1. The molecule has 0 amide bonds. The van der Waals surface area contributed by atoms with Crippen LogP contribution in [0.25, 0.3) is 0 Å². The summed E-state index contributed by atoms with van der Waals surface area (Å²) in [5.41, 5.74) is 1.03. The summed E-state index contributed by atoms with van der Waals surface area (Å²) in [5.74, 6) is 0.540. The molecule has 0 spiro atoms. The van der Waals surface area contributed by atoms with E-state index in [9.17, 15) is 5.11 Å². The van der Waals surface area contributed by atoms with Gasteiger partial charge in [0.05, 0.1) is 5.60 Å². The maximum atomic E-state index is 10.6. The summed E-state index contributed by atoms with van der Waals surface area (Å²) in [6.07, 6.45) is 7.75. The lowest BCUT2D eigenvalue weighted by Crippen LogP contribution is -2.32. The summed E-state index contributed by atoms with van der Waals surface area (Å²) in [5, 5.41) is 10.6. The largest absolute Gasteiger partial charge is 0.390 e. The summed E-state index contributed by atoms with van der Waals surface area (Å²) in [6, 6.07) is 10.6. The van der Waals surface area contributed by atoms with Gasteiger partial charge in [0.15, 0.2) is 0 Å². The molecule has 0 bridgehead atoms. The molecule has 94 valence electrons. The van der Waals surface area contributed by atoms with Crippen LogP contribution in [0.1, 0.15) is 51.0 Å². The number of hydrogen-bond acceptors (Lipinski definition) is 1. The normalized spacial score (nSPS) is 28.5. The maximum absolute atomic E-state index is 10.6. The van der Waals surface area contributed by atoms with Gasteiger partial charge in [0.25, 0.3) is 0 Å². The zero-order chi connectivity index (χ0) is 12.1. The molecule has 17 heavy (non-hydrogen) atoms. The van der Waals surface area contributed by atoms with Crippen molar-refractivity contribution in [3.8, 4) is 0 Å². The van der Waals surface area contributed by atoms with E-state index in [1.807, 2.05) is 0 Å². The molecule has 1 heteroatoms. The summed E-state index contributed by atoms with van der Waals surface area (Å²) < 4.78 is 0. The first-order valence-corrected chi connectivity index (χ1v) is 7.01. The average Bonchev–Trinajstić information content (AvgIpc) is 2.72. The van der Waals surface area contributed by atoms with Crippen LogP contribution in [0.5, 0.6) is 0 Å². The van der Waals surface area contributed by atoms with E-state index in [1.54, 1.807) is 0 Å². The lowest BCUT2D eigenvalue weighted by Gasteiger charge is -2.29. The Kier molecular flexibility index (Phi) is 4.22. The van der Waals surface area contributed by atoms with Gasteiger partial charge in [-0.2, -0.15) is 0 Å². The van der Waals surface area contributed by atoms with Crippen LogP contribution >= 0.6 is 0 Å². The number of aryl methyl sites for hydroxylation is 1. The van der Waals surface area contributed by atoms with Crippen LogP contribution < -0.4 is 0 Å². The van der Waals surface area contributed by atoms with E-state index in [0.717, 1.165) is 32.1 Å². The van der Waals surface area contributed by atoms with Crippen molar-refractivity contribution in [2.24, 2.45) is 5.92 Å². The van der Waals surface area contributed by atoms with Gasteiger partial charge in [-0.25, -0.2) is 0 Å². The molecule has 0 saturated heterocycles. The van der Waals surface area contributed by atoms with Gasteiger partial charge < -0.3 is 5.11 Å². The Bertz CT molecular complexity index is 333. The van der Waals surface area contributed by atoms with Crippen LogP contribution in [0.15, 0.2) is 30.3 Å². The van der Waals surface area contributed by atoms with Gasteiger partial charge in [0.1, 0.15) is 0 Å². The van der Waals surface area contributed by atoms with Gasteiger partial charge in [0.2, 0.25) is 0 Å². The fraction of sp³-hybridized carbons (Fsp3) is 0.625. The summed E-state index contributed by atoms with van der Waals surface area (Å²) in [7, 11) is 0. The third kappa shape index (κ3) is 3.10. The van der Waals surface area contributed by atoms with Crippen molar-refractivity contribution in [2.75, 3.05) is 0 Å². The zero-order valence-electron chi connectivity index (χ0n) is 10.9. The standard InChI is InChI=1S/C16H24O/c1-2-15-11-7-13-16(15,17)12-6-10-14-8-4-3-5-9-14/h3-5,8-9,15,17H,2,6-7,10-13H2,1H3. The van der Waals surface area contributed by atoms with E-state index in [2.05, 4.69) is 37.3 Å². The molecular weight excluding hydrogens is 208 g/mol. The predicted octanol–water partition coefficient (Wildman–Crippen LogP) is 3.95. The van der Waals surface area contributed by atoms with E-state index in [4.69, 9.17) is 0 Å². The highest BCUT2D eigenvalue weighted by Crippen LogP contribution is 2.40. The van der Waals surface area contributed by atoms with Crippen LogP contribution in [0.4, 0.5) is 0 Å². The van der Waals surface area contributed by atoms with Gasteiger partial charge in [-0.1, -0.05) is 50.1 Å². The molecule has 1 fully saturated rings. The smallest absolute Gasteiger partial charge is 0.0675 e. The number of benzene rings is 1. The van der Waals surface area contributed by atoms with Gasteiger partial charge in [-0.15, -0.1) is 0 Å². The molecule has 2 unspecified atom stereocenters. The fourth-order valence-corrected chi connectivity index (χ4v) is 3.28. The van der Waals surface area contributed by atoms with Crippen molar-refractivity contribution < 1.29 is 5.11 Å². The highest BCUT2D eigenvalue weighted by atomic mass is 16.3. The molecule has 0 heterocycles. The molecular formula is C16H24O. The van der Waals surface area contributed by atoms with Gasteiger partial charge in [-0.3, -0.25) is 0 Å². The van der Waals surface area contributed by atoms with E-state index in [-0.39, 0.29) is 5.60 Å². The molecule has 1 aliphatic carbocycles. The topological polar surface area (TPSA) is 20.2 Å². The average molecular weight is 232 g/mol. The number of aliphatic hydroxyl groups is 1. The van der Waals surface area contributed by atoms with Crippen LogP contribution in [-0.2, 0) is 6.42 Å². The van der Waals surface area contributed by atoms with E-state index >= 15 is 0 Å². The molecule has 1 N–H and O–H groups in total. The first-order valence-electron chi connectivity index (χ1n) is 7.01. The Balaban J connectivity index is 1.82. The summed E-state index contributed by atoms with van der Waals surface area (Å²) in [6.45, 7) is 2.21. The SMILES string of the molecule is CCC1CCCC1(O)CCCc1ccccc1. The molecule has 1 aliphatic rings. The monoisotopic (exact) mass is 232 g/mol. The number of rotatable bonds is 5. The Morgan fingerprint density at radius 2 is 2.06 bits per heavy atom. The second kappa shape index (κ2) is 5.68. The van der Waals surface area contributed by atoms with Crippen molar-refractivity contribution in [1.82, 2.24) is 0 Å². The zero-order valence-corrected chi connectivity index (χ0v) is 10.9. The van der Waals surface area contributed by atoms with Gasteiger partial charge >= 0.3 is 0 Å². The third-order valence-electron chi connectivity index (χ3n) is 4.33. The van der Waals surface area contributed by atoms with E-state index in [1.165, 1.54) is 18.4 Å². The molecule has 2 atom stereocenters. The second-order valence-corrected chi connectivity index (χ2v) is 5.44. The second-order valence-electron chi connectivity index (χ2n) is 5.44. The van der Waals surface area contributed by atoms with E-state index in [0.29, 0.717) is 5.92 Å². The van der Waals surface area contributed by atoms with E-state index < -0.39 is 0 Å². The van der Waals surface area contributed by atoms with Crippen molar-refractivity contribution in [2.45, 2.75) is 57.5 Å². The molecule has 1 aromatic carbocycles. The molecule has 0 aliphatic heterocycles. The van der Waals surface area contributed by atoms with Crippen molar-refractivity contribution in [3.05, 3.63) is 35.9 Å². The van der Waals surface area contributed by atoms with Crippen LogP contribution in [0.3, 0.4) is 0 Å². The minimum absolute atomic E-state index is 0.358. The Morgan fingerprint density at radius 3 is 2.76 bits per heavy atom. The van der Waals surface area contributed by atoms with Gasteiger partial charge in [-0.05, 0) is 43.6 Å². The lowest BCUT2D eigenvalue weighted by molar-refractivity contribution is -0.00844. The quantitative estimate of drug-likeness (QED) is 0.815. The first-order chi connectivity index (χ1) is 8.24. The highest BCUT2D eigenvalue weighted by molar-refractivity contribution is 5.14. The minimum atomic E-state index is -0.358. The molecule has 0 aromatic heterocycles. The Morgan fingerprint density at radius 1 is 1.29 bits per heavy atom. The van der Waals surface area contributed by atoms with Crippen molar-refractivity contribution >= 4 is 0 Å². The van der Waals surface area contributed by atoms with Crippen LogP contribution in [-0.4, -0.2) is 10.7 Å². The molecule has 0 radical (unpaired) electrons. The van der Waals surface area contributed by atoms with Gasteiger partial charge in [0, 0.05) is 0 Å². The third-order valence-corrected chi connectivity index (χ3v) is 4.33. The maximum Gasteiger partial charge on any atom is 0.0675 e. The first kappa shape index (κ1) is 12.6.